The van der Waals surface area contributed by atoms with Crippen LogP contribution in [0.4, 0.5) is 0 Å². The molecular formula is C14H10O4S2Zn. The van der Waals surface area contributed by atoms with Gasteiger partial charge in [0, 0.05) is 29.3 Å². The summed E-state index contributed by atoms with van der Waals surface area (Å²) in [6.07, 6.45) is 0. The molecular weight excluding hydrogens is 362 g/mol. The van der Waals surface area contributed by atoms with Crippen molar-refractivity contribution in [1.82, 2.24) is 0 Å². The molecule has 104 valence electrons. The van der Waals surface area contributed by atoms with Gasteiger partial charge in [0.2, 0.25) is 0 Å². The van der Waals surface area contributed by atoms with Crippen molar-refractivity contribution in [3.05, 3.63) is 59.7 Å². The van der Waals surface area contributed by atoms with Gasteiger partial charge in [-0.2, -0.15) is 0 Å². The van der Waals surface area contributed by atoms with Crippen molar-refractivity contribution in [3.63, 3.8) is 0 Å². The van der Waals surface area contributed by atoms with Crippen LogP contribution in [0.1, 0.15) is 20.7 Å². The summed E-state index contributed by atoms with van der Waals surface area (Å²) in [4.78, 5) is 23.3. The fourth-order valence-electron chi connectivity index (χ4n) is 1.40. The van der Waals surface area contributed by atoms with E-state index in [-0.39, 0.29) is 30.6 Å². The third-order valence-corrected chi connectivity index (χ3v) is 4.85. The van der Waals surface area contributed by atoms with Gasteiger partial charge in [-0.25, -0.2) is 9.59 Å². The summed E-state index contributed by atoms with van der Waals surface area (Å²) < 4.78 is 0. The van der Waals surface area contributed by atoms with Crippen LogP contribution in [0.15, 0.2) is 58.3 Å². The number of carboxylic acid groups (broad SMARTS) is 2. The minimum absolute atomic E-state index is 0. The SMILES string of the molecule is O=C(O)c1ccc(SSc2ccc(C(=O)O)cc2)cc1.[Zn]. The standard InChI is InChI=1S/C14H10O4S2.Zn/c15-13(16)9-1-5-11(6-2-9)19-20-12-7-3-10(4-8-12)14(17)18;/h1-8H,(H,15,16)(H,17,18);. The number of aromatic carboxylic acids is 2. The molecule has 4 nitrogen and oxygen atoms in total. The number of carboxylic acids is 2. The molecule has 21 heavy (non-hydrogen) atoms. The van der Waals surface area contributed by atoms with Crippen LogP contribution >= 0.6 is 21.6 Å². The molecule has 0 aromatic heterocycles. The molecule has 0 aliphatic heterocycles. The van der Waals surface area contributed by atoms with Gasteiger partial charge in [-0.05, 0) is 48.5 Å². The van der Waals surface area contributed by atoms with Gasteiger partial charge in [0.05, 0.1) is 11.1 Å². The Labute approximate surface area is 142 Å². The number of benzene rings is 2. The molecule has 0 spiro atoms. The van der Waals surface area contributed by atoms with E-state index in [1.54, 1.807) is 48.5 Å². The van der Waals surface area contributed by atoms with Crippen LogP contribution in [0.5, 0.6) is 0 Å². The predicted octanol–water partition coefficient (Wildman–Crippen LogP) is 3.88. The molecule has 2 N–H and O–H groups in total. The van der Waals surface area contributed by atoms with E-state index in [4.69, 9.17) is 10.2 Å². The van der Waals surface area contributed by atoms with Crippen LogP contribution < -0.4 is 0 Å². The van der Waals surface area contributed by atoms with Gasteiger partial charge in [-0.1, -0.05) is 21.6 Å². The zero-order chi connectivity index (χ0) is 14.5. The summed E-state index contributed by atoms with van der Waals surface area (Å²) >= 11 is 0. The number of hydrogen-bond donors (Lipinski definition) is 2. The Kier molecular flexibility index (Phi) is 6.95. The summed E-state index contributed by atoms with van der Waals surface area (Å²) in [5.74, 6) is -1.89. The van der Waals surface area contributed by atoms with Gasteiger partial charge in [-0.15, -0.1) is 0 Å². The van der Waals surface area contributed by atoms with Crippen LogP contribution in [0, 0.1) is 0 Å². The largest absolute Gasteiger partial charge is 0.478 e. The maximum atomic E-state index is 10.7. The summed E-state index contributed by atoms with van der Waals surface area (Å²) in [5.41, 5.74) is 0.510. The van der Waals surface area contributed by atoms with Gasteiger partial charge in [0.15, 0.2) is 0 Å². The second kappa shape index (κ2) is 8.22. The Bertz CT molecular complexity index is 569. The maximum absolute atomic E-state index is 10.7. The summed E-state index contributed by atoms with van der Waals surface area (Å²) in [6.45, 7) is 0. The molecule has 0 saturated heterocycles. The average Bonchev–Trinajstić information content (AvgIpc) is 2.46. The number of hydrogen-bond acceptors (Lipinski definition) is 4. The Morgan fingerprint density at radius 3 is 1.19 bits per heavy atom. The molecule has 0 bridgehead atoms. The number of carbonyl (C=O) groups is 2. The molecule has 0 unspecified atom stereocenters. The van der Waals surface area contributed by atoms with Crippen molar-refractivity contribution in [2.45, 2.75) is 9.79 Å². The second-order valence-electron chi connectivity index (χ2n) is 3.83. The Balaban J connectivity index is 0.00000220. The first-order chi connectivity index (χ1) is 9.56. The molecule has 0 aliphatic carbocycles. The van der Waals surface area contributed by atoms with E-state index < -0.39 is 11.9 Å². The third kappa shape index (κ3) is 5.19. The quantitative estimate of drug-likeness (QED) is 0.613. The van der Waals surface area contributed by atoms with Crippen molar-refractivity contribution >= 4 is 33.5 Å². The van der Waals surface area contributed by atoms with Crippen LogP contribution in [0.25, 0.3) is 0 Å². The third-order valence-electron chi connectivity index (χ3n) is 2.44. The topological polar surface area (TPSA) is 74.6 Å². The van der Waals surface area contributed by atoms with E-state index >= 15 is 0 Å². The first-order valence-corrected chi connectivity index (χ1v) is 7.72. The molecule has 0 aliphatic rings. The summed E-state index contributed by atoms with van der Waals surface area (Å²) in [5, 5.41) is 17.6. The Morgan fingerprint density at radius 1 is 0.667 bits per heavy atom. The van der Waals surface area contributed by atoms with Crippen molar-refractivity contribution in [1.29, 1.82) is 0 Å². The molecule has 2 aromatic rings. The van der Waals surface area contributed by atoms with Crippen LogP contribution in [0.2, 0.25) is 0 Å². The molecule has 0 fully saturated rings. The Hall–Kier alpha value is -1.30. The van der Waals surface area contributed by atoms with E-state index in [9.17, 15) is 9.59 Å². The van der Waals surface area contributed by atoms with Crippen LogP contribution in [-0.4, -0.2) is 22.2 Å². The van der Waals surface area contributed by atoms with E-state index in [2.05, 4.69) is 0 Å². The average molecular weight is 372 g/mol. The summed E-state index contributed by atoms with van der Waals surface area (Å²) in [7, 11) is 2.97. The molecule has 0 amide bonds. The molecule has 0 radical (unpaired) electrons. The molecule has 2 aromatic carbocycles. The van der Waals surface area contributed by atoms with E-state index in [1.165, 1.54) is 21.6 Å². The van der Waals surface area contributed by atoms with E-state index in [0.717, 1.165) is 9.79 Å². The smallest absolute Gasteiger partial charge is 0.335 e. The van der Waals surface area contributed by atoms with Gasteiger partial charge in [0.25, 0.3) is 0 Å². The fourth-order valence-corrected chi connectivity index (χ4v) is 3.33. The monoisotopic (exact) mass is 370 g/mol. The zero-order valence-electron chi connectivity index (χ0n) is 10.9. The van der Waals surface area contributed by atoms with Gasteiger partial charge < -0.3 is 10.2 Å². The van der Waals surface area contributed by atoms with Crippen molar-refractivity contribution in [2.75, 3.05) is 0 Å². The van der Waals surface area contributed by atoms with E-state index in [0.29, 0.717) is 0 Å². The van der Waals surface area contributed by atoms with Gasteiger partial charge in [-0.3, -0.25) is 0 Å². The first-order valence-electron chi connectivity index (χ1n) is 5.57. The van der Waals surface area contributed by atoms with Crippen LogP contribution in [-0.2, 0) is 19.5 Å². The zero-order valence-corrected chi connectivity index (χ0v) is 15.5. The van der Waals surface area contributed by atoms with Gasteiger partial charge in [0.1, 0.15) is 0 Å². The first kappa shape index (κ1) is 17.8. The molecule has 0 atom stereocenters. The fraction of sp³-hybridized carbons (Fsp3) is 0. The second-order valence-corrected chi connectivity index (χ2v) is 6.10. The van der Waals surface area contributed by atoms with E-state index in [1.807, 2.05) is 0 Å². The van der Waals surface area contributed by atoms with Crippen molar-refractivity contribution in [3.8, 4) is 0 Å². The minimum Gasteiger partial charge on any atom is -0.478 e. The normalized spacial score (nSPS) is 9.71. The maximum Gasteiger partial charge on any atom is 0.335 e. The van der Waals surface area contributed by atoms with Crippen LogP contribution in [0.3, 0.4) is 0 Å². The molecule has 0 saturated carbocycles. The molecule has 7 heteroatoms. The van der Waals surface area contributed by atoms with Crippen molar-refractivity contribution in [2.24, 2.45) is 0 Å². The number of rotatable bonds is 5. The van der Waals surface area contributed by atoms with Crippen molar-refractivity contribution < 1.29 is 39.3 Å². The molecule has 0 heterocycles. The Morgan fingerprint density at radius 2 is 0.952 bits per heavy atom. The summed E-state index contributed by atoms with van der Waals surface area (Å²) in [6, 6.07) is 13.2. The predicted molar refractivity (Wildman–Crippen MR) is 78.5 cm³/mol. The molecule has 2 rings (SSSR count). The van der Waals surface area contributed by atoms with Gasteiger partial charge >= 0.3 is 11.9 Å². The minimum atomic E-state index is -0.946.